The number of nitrogens with zero attached hydrogens (tertiary/aromatic N) is 4. The van der Waals surface area contributed by atoms with Gasteiger partial charge in [-0.05, 0) is 31.8 Å². The quantitative estimate of drug-likeness (QED) is 0.771. The van der Waals surface area contributed by atoms with Crippen LogP contribution < -0.4 is 10.6 Å². The number of rotatable bonds is 3. The van der Waals surface area contributed by atoms with Gasteiger partial charge in [0, 0.05) is 19.6 Å². The zero-order valence-corrected chi connectivity index (χ0v) is 11.6. The molecule has 0 saturated carbocycles. The van der Waals surface area contributed by atoms with E-state index in [0.29, 0.717) is 12.0 Å². The third-order valence-electron chi connectivity index (χ3n) is 4.51. The van der Waals surface area contributed by atoms with E-state index in [9.17, 15) is 0 Å². The first kappa shape index (κ1) is 11.9. The first-order chi connectivity index (χ1) is 9.83. The summed E-state index contributed by atoms with van der Waals surface area (Å²) in [5.41, 5.74) is 0.771. The second kappa shape index (κ2) is 4.59. The van der Waals surface area contributed by atoms with Gasteiger partial charge in [0.1, 0.15) is 5.82 Å². The van der Waals surface area contributed by atoms with E-state index in [2.05, 4.69) is 35.7 Å². The Hall–Kier alpha value is -1.89. The maximum absolute atomic E-state index is 4.56. The van der Waals surface area contributed by atoms with Crippen molar-refractivity contribution in [3.63, 3.8) is 0 Å². The molecule has 2 aromatic heterocycles. The molecule has 7 heteroatoms. The molecule has 1 unspecified atom stereocenters. The van der Waals surface area contributed by atoms with Gasteiger partial charge in [-0.25, -0.2) is 0 Å². The zero-order chi connectivity index (χ0) is 13.5. The average Bonchev–Trinajstić information content (AvgIpc) is 2.97. The van der Waals surface area contributed by atoms with Gasteiger partial charge in [-0.3, -0.25) is 5.10 Å². The highest BCUT2D eigenvalue weighted by Crippen LogP contribution is 2.31. The van der Waals surface area contributed by atoms with Crippen LogP contribution in [0.25, 0.3) is 11.0 Å². The number of aromatic nitrogens is 4. The van der Waals surface area contributed by atoms with E-state index in [1.807, 2.05) is 7.05 Å². The summed E-state index contributed by atoms with van der Waals surface area (Å²) in [5, 5.41) is 14.6. The highest BCUT2D eigenvalue weighted by molar-refractivity contribution is 5.87. The topological polar surface area (TPSA) is 81.8 Å². The molecule has 0 aliphatic carbocycles. The van der Waals surface area contributed by atoms with E-state index in [1.54, 1.807) is 6.20 Å². The second-order valence-electron chi connectivity index (χ2n) is 5.67. The predicted molar refractivity (Wildman–Crippen MR) is 77.8 cm³/mol. The standard InChI is InChI=1S/C13H19N7/c1-14-13-17-11(9-6-15-19-12(9)18-13)16-10-7-20-4-2-8(10)3-5-20/h6,8,10H,2-5,7H2,1H3,(H3,14,15,16,17,18,19). The number of hydrogen-bond donors (Lipinski definition) is 3. The Labute approximate surface area is 117 Å². The Bertz CT molecular complexity index is 614. The summed E-state index contributed by atoms with van der Waals surface area (Å²) >= 11 is 0. The number of fused-ring (bicyclic) bond motifs is 4. The maximum Gasteiger partial charge on any atom is 0.226 e. The van der Waals surface area contributed by atoms with Crippen molar-refractivity contribution in [1.82, 2.24) is 25.1 Å². The van der Waals surface area contributed by atoms with E-state index in [0.717, 1.165) is 29.3 Å². The Kier molecular flexibility index (Phi) is 2.73. The normalized spacial score (nSPS) is 28.8. The minimum absolute atomic E-state index is 0.482. The largest absolute Gasteiger partial charge is 0.365 e. The fourth-order valence-electron chi connectivity index (χ4n) is 3.36. The molecule has 20 heavy (non-hydrogen) atoms. The molecule has 5 rings (SSSR count). The number of piperidine rings is 3. The first-order valence-electron chi connectivity index (χ1n) is 7.21. The minimum atomic E-state index is 0.482. The van der Waals surface area contributed by atoms with E-state index >= 15 is 0 Å². The molecule has 2 bridgehead atoms. The number of anilines is 2. The van der Waals surface area contributed by atoms with Crippen molar-refractivity contribution < 1.29 is 0 Å². The molecule has 7 nitrogen and oxygen atoms in total. The molecule has 0 radical (unpaired) electrons. The highest BCUT2D eigenvalue weighted by Gasteiger charge is 2.34. The van der Waals surface area contributed by atoms with E-state index < -0.39 is 0 Å². The van der Waals surface area contributed by atoms with E-state index in [1.165, 1.54) is 25.9 Å². The van der Waals surface area contributed by atoms with Gasteiger partial charge in [0.05, 0.1) is 11.6 Å². The monoisotopic (exact) mass is 273 g/mol. The third kappa shape index (κ3) is 1.89. The van der Waals surface area contributed by atoms with Crippen molar-refractivity contribution in [2.75, 3.05) is 37.3 Å². The fraction of sp³-hybridized carbons (Fsp3) is 0.615. The molecule has 3 aliphatic heterocycles. The molecule has 3 aliphatic rings. The molecule has 2 aromatic rings. The smallest absolute Gasteiger partial charge is 0.226 e. The lowest BCUT2D eigenvalue weighted by Gasteiger charge is -2.45. The summed E-state index contributed by atoms with van der Waals surface area (Å²) in [6.45, 7) is 3.61. The van der Waals surface area contributed by atoms with Gasteiger partial charge in [0.2, 0.25) is 5.95 Å². The van der Waals surface area contributed by atoms with Gasteiger partial charge in [-0.1, -0.05) is 0 Å². The van der Waals surface area contributed by atoms with Crippen LogP contribution in [-0.2, 0) is 0 Å². The van der Waals surface area contributed by atoms with E-state index in [-0.39, 0.29) is 0 Å². The molecule has 3 saturated heterocycles. The van der Waals surface area contributed by atoms with Crippen molar-refractivity contribution >= 4 is 22.8 Å². The molecule has 1 atom stereocenters. The summed E-state index contributed by atoms with van der Waals surface area (Å²) in [6.07, 6.45) is 4.37. The van der Waals surface area contributed by atoms with Crippen LogP contribution in [-0.4, -0.2) is 57.8 Å². The van der Waals surface area contributed by atoms with Crippen LogP contribution in [0.15, 0.2) is 6.20 Å². The van der Waals surface area contributed by atoms with Crippen LogP contribution in [0.4, 0.5) is 11.8 Å². The van der Waals surface area contributed by atoms with Crippen LogP contribution in [0.2, 0.25) is 0 Å². The maximum atomic E-state index is 4.56. The summed E-state index contributed by atoms with van der Waals surface area (Å²) in [4.78, 5) is 11.5. The number of aromatic amines is 1. The Balaban J connectivity index is 1.66. The molecule has 3 N–H and O–H groups in total. The lowest BCUT2D eigenvalue weighted by molar-refractivity contribution is 0.0974. The molecular formula is C13H19N7. The van der Waals surface area contributed by atoms with Gasteiger partial charge in [0.25, 0.3) is 0 Å². The highest BCUT2D eigenvalue weighted by atomic mass is 15.2. The van der Waals surface area contributed by atoms with Gasteiger partial charge >= 0.3 is 0 Å². The summed E-state index contributed by atoms with van der Waals surface area (Å²) < 4.78 is 0. The Morgan fingerprint density at radius 3 is 2.85 bits per heavy atom. The SMILES string of the molecule is CNc1nc(NC2CN3CCC2CC3)c2cn[nH]c2n1. The summed E-state index contributed by atoms with van der Waals surface area (Å²) in [7, 11) is 1.83. The van der Waals surface area contributed by atoms with Crippen LogP contribution in [0.5, 0.6) is 0 Å². The van der Waals surface area contributed by atoms with Gasteiger partial charge < -0.3 is 15.5 Å². The van der Waals surface area contributed by atoms with Crippen LogP contribution in [0.1, 0.15) is 12.8 Å². The molecule has 5 heterocycles. The predicted octanol–water partition coefficient (Wildman–Crippen LogP) is 0.901. The molecule has 106 valence electrons. The van der Waals surface area contributed by atoms with Gasteiger partial charge in [-0.15, -0.1) is 0 Å². The lowest BCUT2D eigenvalue weighted by atomic mass is 9.84. The van der Waals surface area contributed by atoms with Crippen molar-refractivity contribution in [2.24, 2.45) is 5.92 Å². The average molecular weight is 273 g/mol. The fourth-order valence-corrected chi connectivity index (χ4v) is 3.36. The molecular weight excluding hydrogens is 254 g/mol. The third-order valence-corrected chi connectivity index (χ3v) is 4.51. The summed E-state index contributed by atoms with van der Waals surface area (Å²) in [5.74, 6) is 2.26. The van der Waals surface area contributed by atoms with Crippen molar-refractivity contribution in [3.05, 3.63) is 6.20 Å². The number of hydrogen-bond acceptors (Lipinski definition) is 6. The number of H-pyrrole nitrogens is 1. The van der Waals surface area contributed by atoms with Crippen LogP contribution in [0, 0.1) is 5.92 Å². The number of nitrogens with one attached hydrogen (secondary N) is 3. The zero-order valence-electron chi connectivity index (χ0n) is 11.6. The molecule has 0 aromatic carbocycles. The Morgan fingerprint density at radius 2 is 2.15 bits per heavy atom. The van der Waals surface area contributed by atoms with Crippen molar-refractivity contribution in [3.8, 4) is 0 Å². The van der Waals surface area contributed by atoms with Crippen LogP contribution in [0.3, 0.4) is 0 Å². The molecule has 0 amide bonds. The lowest BCUT2D eigenvalue weighted by Crippen LogP contribution is -2.53. The van der Waals surface area contributed by atoms with Gasteiger partial charge in [-0.2, -0.15) is 15.1 Å². The van der Waals surface area contributed by atoms with Crippen LogP contribution >= 0.6 is 0 Å². The summed E-state index contributed by atoms with van der Waals surface area (Å²) in [6, 6.07) is 0.482. The van der Waals surface area contributed by atoms with Gasteiger partial charge in [0.15, 0.2) is 5.65 Å². The van der Waals surface area contributed by atoms with Crippen molar-refractivity contribution in [2.45, 2.75) is 18.9 Å². The minimum Gasteiger partial charge on any atom is -0.365 e. The first-order valence-corrected chi connectivity index (χ1v) is 7.21. The Morgan fingerprint density at radius 1 is 1.30 bits per heavy atom. The molecule has 0 spiro atoms. The molecule has 3 fully saturated rings. The van der Waals surface area contributed by atoms with Crippen molar-refractivity contribution in [1.29, 1.82) is 0 Å². The second-order valence-corrected chi connectivity index (χ2v) is 5.67. The van der Waals surface area contributed by atoms with E-state index in [4.69, 9.17) is 0 Å².